The minimum atomic E-state index is 0.00128. The summed E-state index contributed by atoms with van der Waals surface area (Å²) in [5, 5.41) is 6.40. The fourth-order valence-corrected chi connectivity index (χ4v) is 1.64. The van der Waals surface area contributed by atoms with Gasteiger partial charge in [-0.05, 0) is 42.5 Å². The number of carbonyl (C=O) groups is 1. The molecular formula is C14H16N4O. The Morgan fingerprint density at radius 1 is 1.42 bits per heavy atom. The van der Waals surface area contributed by atoms with E-state index in [0.29, 0.717) is 24.6 Å². The highest BCUT2D eigenvalue weighted by molar-refractivity contribution is 5.94. The van der Waals surface area contributed by atoms with E-state index in [9.17, 15) is 4.79 Å². The highest BCUT2D eigenvalue weighted by Gasteiger charge is 2.23. The minimum absolute atomic E-state index is 0.00128. The Morgan fingerprint density at radius 2 is 2.16 bits per heavy atom. The predicted molar refractivity (Wildman–Crippen MR) is 74.6 cm³/mol. The van der Waals surface area contributed by atoms with Gasteiger partial charge >= 0.3 is 0 Å². The zero-order chi connectivity index (χ0) is 13.5. The Labute approximate surface area is 112 Å². The average Bonchev–Trinajstić information content (AvgIpc) is 3.23. The molecule has 0 unspecified atom stereocenters. The van der Waals surface area contributed by atoms with Crippen molar-refractivity contribution in [3.63, 3.8) is 0 Å². The van der Waals surface area contributed by atoms with Gasteiger partial charge in [0.1, 0.15) is 0 Å². The zero-order valence-corrected chi connectivity index (χ0v) is 10.6. The second kappa shape index (κ2) is 6.61. The summed E-state index contributed by atoms with van der Waals surface area (Å²) < 4.78 is 0. The summed E-state index contributed by atoms with van der Waals surface area (Å²) >= 11 is 0. The molecule has 1 aromatic rings. The van der Waals surface area contributed by atoms with E-state index in [4.69, 9.17) is 5.53 Å². The number of nitrogens with zero attached hydrogens (tertiary/aromatic N) is 3. The van der Waals surface area contributed by atoms with Crippen LogP contribution in [-0.2, 0) is 0 Å². The van der Waals surface area contributed by atoms with Gasteiger partial charge in [0.2, 0.25) is 0 Å². The lowest BCUT2D eigenvalue weighted by Crippen LogP contribution is -2.25. The lowest BCUT2D eigenvalue weighted by atomic mass is 10.1. The van der Waals surface area contributed by atoms with Gasteiger partial charge in [-0.2, -0.15) is 0 Å². The van der Waals surface area contributed by atoms with Gasteiger partial charge in [-0.15, -0.1) is 0 Å². The number of rotatable bonds is 6. The van der Waals surface area contributed by atoms with Crippen molar-refractivity contribution in [3.05, 3.63) is 51.9 Å². The van der Waals surface area contributed by atoms with Gasteiger partial charge in [0.15, 0.2) is 0 Å². The van der Waals surface area contributed by atoms with Crippen molar-refractivity contribution < 1.29 is 4.79 Å². The standard InChI is InChI=1S/C14H16N4O/c15-18-16-10-2-1-3-11-4-6-12(7-5-11)14(19)17-13-8-9-13/h1,3-7,13H,2,8-10H2,(H,17,19). The van der Waals surface area contributed by atoms with Crippen molar-refractivity contribution >= 4 is 12.0 Å². The summed E-state index contributed by atoms with van der Waals surface area (Å²) in [7, 11) is 0. The van der Waals surface area contributed by atoms with E-state index in [-0.39, 0.29) is 5.91 Å². The Kier molecular flexibility index (Phi) is 4.59. The molecule has 0 bridgehead atoms. The van der Waals surface area contributed by atoms with E-state index in [2.05, 4.69) is 15.3 Å². The third-order valence-electron chi connectivity index (χ3n) is 2.85. The number of azide groups is 1. The number of benzene rings is 1. The van der Waals surface area contributed by atoms with Gasteiger partial charge in [-0.25, -0.2) is 0 Å². The molecule has 1 N–H and O–H groups in total. The average molecular weight is 256 g/mol. The van der Waals surface area contributed by atoms with Gasteiger partial charge < -0.3 is 5.32 Å². The SMILES string of the molecule is [N-]=[N+]=NCCC=Cc1ccc(C(=O)NC2CC2)cc1. The molecule has 1 aliphatic rings. The maximum absolute atomic E-state index is 11.8. The van der Waals surface area contributed by atoms with Gasteiger partial charge in [0.25, 0.3) is 5.91 Å². The van der Waals surface area contributed by atoms with Gasteiger partial charge in [0.05, 0.1) is 0 Å². The summed E-state index contributed by atoms with van der Waals surface area (Å²) in [6, 6.07) is 7.85. The quantitative estimate of drug-likeness (QED) is 0.360. The normalized spacial score (nSPS) is 14.1. The molecule has 0 heterocycles. The predicted octanol–water partition coefficient (Wildman–Crippen LogP) is 3.29. The van der Waals surface area contributed by atoms with E-state index in [1.165, 1.54) is 0 Å². The van der Waals surface area contributed by atoms with Crippen LogP contribution >= 0.6 is 0 Å². The Bertz CT molecular complexity index is 511. The summed E-state index contributed by atoms with van der Waals surface area (Å²) in [6.07, 6.45) is 6.81. The first-order valence-electron chi connectivity index (χ1n) is 6.38. The number of carbonyl (C=O) groups excluding carboxylic acids is 1. The van der Waals surface area contributed by atoms with Crippen LogP contribution in [0.25, 0.3) is 16.5 Å². The molecule has 0 aliphatic heterocycles. The van der Waals surface area contributed by atoms with E-state index in [1.54, 1.807) is 0 Å². The molecular weight excluding hydrogens is 240 g/mol. The third-order valence-corrected chi connectivity index (χ3v) is 2.85. The molecule has 1 fully saturated rings. The van der Waals surface area contributed by atoms with Crippen LogP contribution in [0, 0.1) is 0 Å². The van der Waals surface area contributed by atoms with Crippen molar-refractivity contribution in [2.45, 2.75) is 25.3 Å². The second-order valence-corrected chi connectivity index (χ2v) is 4.52. The summed E-state index contributed by atoms with van der Waals surface area (Å²) in [5.41, 5.74) is 9.85. The van der Waals surface area contributed by atoms with Crippen LogP contribution in [0.4, 0.5) is 0 Å². The van der Waals surface area contributed by atoms with Gasteiger partial charge in [0, 0.05) is 23.1 Å². The Morgan fingerprint density at radius 3 is 2.79 bits per heavy atom. The van der Waals surface area contributed by atoms with Crippen molar-refractivity contribution in [2.75, 3.05) is 6.54 Å². The molecule has 5 nitrogen and oxygen atoms in total. The lowest BCUT2D eigenvalue weighted by molar-refractivity contribution is 0.0951. The van der Waals surface area contributed by atoms with Gasteiger partial charge in [-0.3, -0.25) is 4.79 Å². The van der Waals surface area contributed by atoms with Crippen LogP contribution in [-0.4, -0.2) is 18.5 Å². The third kappa shape index (κ3) is 4.48. The fourth-order valence-electron chi connectivity index (χ4n) is 1.64. The second-order valence-electron chi connectivity index (χ2n) is 4.52. The summed E-state index contributed by atoms with van der Waals surface area (Å²) in [4.78, 5) is 14.4. The molecule has 0 radical (unpaired) electrons. The minimum Gasteiger partial charge on any atom is -0.349 e. The topological polar surface area (TPSA) is 77.9 Å². The van der Waals surface area contributed by atoms with Crippen LogP contribution in [0.5, 0.6) is 0 Å². The van der Waals surface area contributed by atoms with Crippen molar-refractivity contribution in [3.8, 4) is 0 Å². The van der Waals surface area contributed by atoms with Crippen molar-refractivity contribution in [1.29, 1.82) is 0 Å². The monoisotopic (exact) mass is 256 g/mol. The number of hydrogen-bond donors (Lipinski definition) is 1. The molecule has 5 heteroatoms. The molecule has 2 rings (SSSR count). The Hall–Kier alpha value is -2.26. The molecule has 1 amide bonds. The number of nitrogens with one attached hydrogen (secondary N) is 1. The number of amides is 1. The first-order valence-corrected chi connectivity index (χ1v) is 6.38. The maximum Gasteiger partial charge on any atom is 0.251 e. The van der Waals surface area contributed by atoms with E-state index in [1.807, 2.05) is 36.4 Å². The van der Waals surface area contributed by atoms with Crippen LogP contribution in [0.3, 0.4) is 0 Å². The molecule has 1 aliphatic carbocycles. The zero-order valence-electron chi connectivity index (χ0n) is 10.6. The molecule has 98 valence electrons. The lowest BCUT2D eigenvalue weighted by Gasteiger charge is -2.03. The largest absolute Gasteiger partial charge is 0.349 e. The van der Waals surface area contributed by atoms with Gasteiger partial charge in [-0.1, -0.05) is 29.4 Å². The first-order chi connectivity index (χ1) is 9.29. The molecule has 0 atom stereocenters. The van der Waals surface area contributed by atoms with Crippen molar-refractivity contribution in [2.24, 2.45) is 5.11 Å². The fraction of sp³-hybridized carbons (Fsp3) is 0.357. The molecule has 1 saturated carbocycles. The smallest absolute Gasteiger partial charge is 0.251 e. The number of hydrogen-bond acceptors (Lipinski definition) is 2. The first kappa shape index (κ1) is 13.2. The molecule has 0 spiro atoms. The maximum atomic E-state index is 11.8. The molecule has 19 heavy (non-hydrogen) atoms. The van der Waals surface area contributed by atoms with Crippen molar-refractivity contribution in [1.82, 2.24) is 5.32 Å². The van der Waals surface area contributed by atoms with Crippen LogP contribution < -0.4 is 5.32 Å². The molecule has 0 aromatic heterocycles. The highest BCUT2D eigenvalue weighted by atomic mass is 16.1. The van der Waals surface area contributed by atoms with E-state index >= 15 is 0 Å². The summed E-state index contributed by atoms with van der Waals surface area (Å²) in [6.45, 7) is 0.467. The molecule has 0 saturated heterocycles. The van der Waals surface area contributed by atoms with Crippen LogP contribution in [0.1, 0.15) is 35.2 Å². The Balaban J connectivity index is 1.86. The molecule has 1 aromatic carbocycles. The highest BCUT2D eigenvalue weighted by Crippen LogP contribution is 2.19. The van der Waals surface area contributed by atoms with Crippen LogP contribution in [0.15, 0.2) is 35.5 Å². The van der Waals surface area contributed by atoms with E-state index < -0.39 is 0 Å². The van der Waals surface area contributed by atoms with Crippen LogP contribution in [0.2, 0.25) is 0 Å². The summed E-state index contributed by atoms with van der Waals surface area (Å²) in [5.74, 6) is 0.00128. The van der Waals surface area contributed by atoms with E-state index in [0.717, 1.165) is 18.4 Å².